The van der Waals surface area contributed by atoms with E-state index in [9.17, 15) is 0 Å². The van der Waals surface area contributed by atoms with E-state index in [-0.39, 0.29) is 16.5 Å². The molecule has 0 atom stereocenters. The third-order valence-corrected chi connectivity index (χ3v) is 0. The van der Waals surface area contributed by atoms with E-state index in [1.807, 2.05) is 0 Å². The summed E-state index contributed by atoms with van der Waals surface area (Å²) in [5, 5.41) is 0. The monoisotopic (exact) mass is 178 g/mol. The molecule has 6 heteroatoms. The standard InChI is InChI=1S/Mn.Ni.H2O.3O/h;;1H2;;;/q+1;;;;;/p-1. The molecule has 0 saturated heterocycles. The first-order valence-corrected chi connectivity index (χ1v) is 2.61. The second-order valence-electron chi connectivity index (χ2n) is 0.396. The minimum absolute atomic E-state index is 0. The van der Waals surface area contributed by atoms with Crippen molar-refractivity contribution in [3.8, 4) is 0 Å². The van der Waals surface area contributed by atoms with Gasteiger partial charge < -0.3 is 0 Å². The SMILES string of the molecule is [Ni].[O]=[Mn](=[O])(=[O])[OH]. The maximum absolute atomic E-state index is 8.69. The molecule has 0 fully saturated rings. The van der Waals surface area contributed by atoms with Crippen LogP contribution in [0.3, 0.4) is 0 Å². The molecule has 0 aromatic carbocycles. The van der Waals surface area contributed by atoms with Gasteiger partial charge in [0.2, 0.25) is 0 Å². The van der Waals surface area contributed by atoms with Crippen molar-refractivity contribution in [3.05, 3.63) is 0 Å². The third kappa shape index (κ3) is 358. The quantitative estimate of drug-likeness (QED) is 0.487. The fraction of sp³-hybridized carbons (Fsp3) is 0. The van der Waals surface area contributed by atoms with E-state index in [1.54, 1.807) is 0 Å². The van der Waals surface area contributed by atoms with Crippen LogP contribution in [0.4, 0.5) is 0 Å². The Labute approximate surface area is 45.6 Å². The van der Waals surface area contributed by atoms with Gasteiger partial charge in [0.1, 0.15) is 0 Å². The molecule has 0 aliphatic carbocycles. The third-order valence-electron chi connectivity index (χ3n) is 0. The van der Waals surface area contributed by atoms with Crippen LogP contribution in [-0.4, -0.2) is 4.19 Å². The Hall–Kier alpha value is 0.373. The van der Waals surface area contributed by atoms with Gasteiger partial charge in [0.05, 0.1) is 0 Å². The van der Waals surface area contributed by atoms with Crippen LogP contribution in [0.5, 0.6) is 0 Å². The van der Waals surface area contributed by atoms with Crippen molar-refractivity contribution < 1.29 is 45.2 Å². The first-order valence-electron chi connectivity index (χ1n) is 0.632. The minimum atomic E-state index is -5.38. The molecule has 4 nitrogen and oxygen atoms in total. The average Bonchev–Trinajstić information content (AvgIpc) is 0.722. The second-order valence-corrected chi connectivity index (χ2v) is 1.63. The number of rotatable bonds is 0. The molecule has 0 amide bonds. The first-order chi connectivity index (χ1) is 2.00. The Morgan fingerprint density at radius 2 is 1.17 bits per heavy atom. The van der Waals surface area contributed by atoms with Crippen LogP contribution in [0, 0.1) is 0 Å². The van der Waals surface area contributed by atoms with Gasteiger partial charge in [0, 0.05) is 16.5 Å². The van der Waals surface area contributed by atoms with Crippen molar-refractivity contribution in [2.24, 2.45) is 0 Å². The van der Waals surface area contributed by atoms with Crippen LogP contribution >= 0.6 is 0 Å². The Morgan fingerprint density at radius 3 is 1.17 bits per heavy atom. The van der Waals surface area contributed by atoms with E-state index < -0.39 is 13.0 Å². The van der Waals surface area contributed by atoms with Gasteiger partial charge in [-0.05, 0) is 0 Å². The summed E-state index contributed by atoms with van der Waals surface area (Å²) in [7, 11) is 0. The van der Waals surface area contributed by atoms with Crippen LogP contribution < -0.4 is 0 Å². The number of hydrogen-bond acceptors (Lipinski definition) is 3. The van der Waals surface area contributed by atoms with Crippen LogP contribution in [0.2, 0.25) is 0 Å². The van der Waals surface area contributed by atoms with Crippen molar-refractivity contribution in [3.63, 3.8) is 0 Å². The Morgan fingerprint density at radius 1 is 1.17 bits per heavy atom. The van der Waals surface area contributed by atoms with Crippen molar-refractivity contribution in [2.75, 3.05) is 0 Å². The fourth-order valence-electron chi connectivity index (χ4n) is 0. The average molecular weight is 179 g/mol. The van der Waals surface area contributed by atoms with Gasteiger partial charge >= 0.3 is 28.7 Å². The van der Waals surface area contributed by atoms with Crippen molar-refractivity contribution in [2.45, 2.75) is 0 Å². The van der Waals surface area contributed by atoms with E-state index in [0.29, 0.717) is 0 Å². The van der Waals surface area contributed by atoms with E-state index in [2.05, 4.69) is 0 Å². The molecule has 0 aliphatic heterocycles. The van der Waals surface area contributed by atoms with Crippen molar-refractivity contribution in [1.29, 1.82) is 0 Å². The summed E-state index contributed by atoms with van der Waals surface area (Å²) in [4.78, 5) is 0. The summed E-state index contributed by atoms with van der Waals surface area (Å²) < 4.78 is 33.1. The zero-order valence-corrected chi connectivity index (χ0v) is 4.53. The van der Waals surface area contributed by atoms with Crippen LogP contribution in [-0.2, 0) is 41.0 Å². The molecule has 1 N–H and O–H groups in total. The van der Waals surface area contributed by atoms with E-state index in [0.717, 1.165) is 0 Å². The Kier molecular flexibility index (Phi) is 4.06. The van der Waals surface area contributed by atoms with Gasteiger partial charge in [0.25, 0.3) is 0 Å². The van der Waals surface area contributed by atoms with E-state index in [1.165, 1.54) is 0 Å². The number of hydrogen-bond donors (Lipinski definition) is 1. The molecule has 0 aromatic heterocycles. The molecule has 6 heavy (non-hydrogen) atoms. The predicted molar refractivity (Wildman–Crippen MR) is 4.28 cm³/mol. The van der Waals surface area contributed by atoms with Crippen LogP contribution in [0.1, 0.15) is 0 Å². The Balaban J connectivity index is 0. The fourth-order valence-corrected chi connectivity index (χ4v) is 0. The molecule has 42 valence electrons. The summed E-state index contributed by atoms with van der Waals surface area (Å²) in [5.74, 6) is 0. The molecule has 0 unspecified atom stereocenters. The van der Waals surface area contributed by atoms with Gasteiger partial charge in [0.15, 0.2) is 0 Å². The summed E-state index contributed by atoms with van der Waals surface area (Å²) in [6, 6.07) is 0. The van der Waals surface area contributed by atoms with Gasteiger partial charge in [-0.25, -0.2) is 0 Å². The van der Waals surface area contributed by atoms with Crippen LogP contribution in [0.25, 0.3) is 0 Å². The molecule has 0 bridgehead atoms. The summed E-state index contributed by atoms with van der Waals surface area (Å²) in [6.07, 6.45) is 0. The predicted octanol–water partition coefficient (Wildman–Crippen LogP) is -0.918. The zero-order chi connectivity index (χ0) is 4.50. The van der Waals surface area contributed by atoms with E-state index >= 15 is 0 Å². The van der Waals surface area contributed by atoms with Gasteiger partial charge in [-0.1, -0.05) is 0 Å². The summed E-state index contributed by atoms with van der Waals surface area (Å²) in [5.41, 5.74) is 0. The Bertz CT molecular complexity index is 129. The first kappa shape index (κ1) is 9.62. The molecule has 0 radical (unpaired) electrons. The molecule has 0 rings (SSSR count). The van der Waals surface area contributed by atoms with Gasteiger partial charge in [-0.15, -0.1) is 0 Å². The summed E-state index contributed by atoms with van der Waals surface area (Å²) in [6.45, 7) is 0. The maximum atomic E-state index is 8.69. The van der Waals surface area contributed by atoms with Gasteiger partial charge in [-0.2, -0.15) is 0 Å². The molecule has 0 spiro atoms. The second kappa shape index (κ2) is 2.53. The summed E-state index contributed by atoms with van der Waals surface area (Å²) >= 11 is -5.38. The molecular formula is HMnNiO4. The normalized spacial score (nSPS) is 9.50. The molecule has 0 aliphatic rings. The van der Waals surface area contributed by atoms with Crippen molar-refractivity contribution in [1.82, 2.24) is 0 Å². The van der Waals surface area contributed by atoms with Crippen molar-refractivity contribution >= 4 is 0 Å². The van der Waals surface area contributed by atoms with E-state index in [4.69, 9.17) is 15.7 Å². The molecular weight excluding hydrogens is 178 g/mol. The van der Waals surface area contributed by atoms with Gasteiger partial charge in [-0.3, -0.25) is 0 Å². The molecule has 0 saturated carbocycles. The molecule has 0 heterocycles. The van der Waals surface area contributed by atoms with Crippen LogP contribution in [0.15, 0.2) is 0 Å². The zero-order valence-electron chi connectivity index (χ0n) is 2.37. The molecule has 0 aromatic rings. The topological polar surface area (TPSA) is 71.4 Å².